The number of aliphatic hydroxyl groups is 1. The molecule has 0 saturated carbocycles. The van der Waals surface area contributed by atoms with Gasteiger partial charge in [0.1, 0.15) is 19.3 Å². The van der Waals surface area contributed by atoms with Crippen LogP contribution in [0.3, 0.4) is 0 Å². The molecule has 0 aromatic carbocycles. The molecule has 0 spiro atoms. The molecule has 0 aliphatic carbocycles. The fourth-order valence-corrected chi connectivity index (χ4v) is 10.6. The van der Waals surface area contributed by atoms with E-state index in [0.717, 1.165) is 109 Å². The van der Waals surface area contributed by atoms with E-state index in [-0.39, 0.29) is 25.7 Å². The van der Waals surface area contributed by atoms with Crippen LogP contribution in [0.4, 0.5) is 0 Å². The molecule has 0 heterocycles. The van der Waals surface area contributed by atoms with Crippen molar-refractivity contribution in [1.29, 1.82) is 0 Å². The van der Waals surface area contributed by atoms with Gasteiger partial charge in [0.05, 0.1) is 26.4 Å². The van der Waals surface area contributed by atoms with Gasteiger partial charge in [-0.15, -0.1) is 0 Å². The standard InChI is InChI=1S/C61H118O17P2/c1-6-9-12-15-17-19-20-21-22-23-24-27-32-37-42-47-61(66)78-57(51-72-59(64)45-40-35-31-28-25-26-29-34-38-43-54(4)5)53-76-80(69,70)74-49-55(62)48-73-79(67,68)75-52-56(50-71-58(63)44-39-33-14-11-8-3)77-60(65)46-41-36-30-18-16-13-10-7-2/h54-57,62H,6-53H2,1-5H3,(H,67,68)(H,69,70)/t55-,56+,57+/m0/s1. The number of aliphatic hydroxyl groups excluding tert-OH is 1. The zero-order valence-corrected chi connectivity index (χ0v) is 53.0. The molecule has 0 aliphatic rings. The Labute approximate surface area is 486 Å². The van der Waals surface area contributed by atoms with E-state index in [1.807, 2.05) is 0 Å². The van der Waals surface area contributed by atoms with Crippen LogP contribution in [0.25, 0.3) is 0 Å². The SMILES string of the molecule is CCCCCCCCCCCCCCCCCC(=O)O[C@H](COC(=O)CCCCCCCCCCCC(C)C)COP(=O)(O)OC[C@@H](O)COP(=O)(O)OC[C@@H](COC(=O)CCCCCCC)OC(=O)CCCCCCCCCC. The maximum Gasteiger partial charge on any atom is 0.472 e. The minimum absolute atomic E-state index is 0.104. The monoisotopic (exact) mass is 1180 g/mol. The van der Waals surface area contributed by atoms with E-state index >= 15 is 0 Å². The van der Waals surface area contributed by atoms with Crippen molar-refractivity contribution in [2.24, 2.45) is 5.92 Å². The second-order valence-corrected chi connectivity index (χ2v) is 25.5. The molecule has 0 fully saturated rings. The molecular formula is C61H118O17P2. The van der Waals surface area contributed by atoms with Gasteiger partial charge in [-0.1, -0.05) is 253 Å². The van der Waals surface area contributed by atoms with Crippen LogP contribution in [0.15, 0.2) is 0 Å². The molecule has 0 aliphatic heterocycles. The molecule has 2 unspecified atom stereocenters. The highest BCUT2D eigenvalue weighted by molar-refractivity contribution is 7.47. The number of rotatable bonds is 61. The van der Waals surface area contributed by atoms with Crippen molar-refractivity contribution in [3.05, 3.63) is 0 Å². The summed E-state index contributed by atoms with van der Waals surface area (Å²) in [5, 5.41) is 10.5. The van der Waals surface area contributed by atoms with E-state index in [1.165, 1.54) is 116 Å². The smallest absolute Gasteiger partial charge is 0.462 e. The molecule has 0 saturated heterocycles. The highest BCUT2D eigenvalue weighted by Crippen LogP contribution is 2.45. The van der Waals surface area contributed by atoms with Crippen LogP contribution in [0.2, 0.25) is 0 Å². The molecule has 3 N–H and O–H groups in total. The summed E-state index contributed by atoms with van der Waals surface area (Å²) in [7, 11) is -9.87. The third-order valence-corrected chi connectivity index (χ3v) is 15.9. The van der Waals surface area contributed by atoms with Crippen LogP contribution in [0.5, 0.6) is 0 Å². The Kier molecular flexibility index (Phi) is 53.6. The lowest BCUT2D eigenvalue weighted by molar-refractivity contribution is -0.161. The van der Waals surface area contributed by atoms with E-state index in [1.54, 1.807) is 0 Å². The Balaban J connectivity index is 5.16. The quantitative estimate of drug-likeness (QED) is 0.0222. The minimum Gasteiger partial charge on any atom is -0.462 e. The topological polar surface area (TPSA) is 237 Å². The van der Waals surface area contributed by atoms with Crippen LogP contribution in [-0.4, -0.2) is 96.7 Å². The van der Waals surface area contributed by atoms with Crippen molar-refractivity contribution >= 4 is 39.5 Å². The van der Waals surface area contributed by atoms with Crippen molar-refractivity contribution in [2.75, 3.05) is 39.6 Å². The van der Waals surface area contributed by atoms with Gasteiger partial charge in [0, 0.05) is 25.7 Å². The molecule has 5 atom stereocenters. The van der Waals surface area contributed by atoms with Crippen LogP contribution >= 0.6 is 15.6 Å². The van der Waals surface area contributed by atoms with Crippen molar-refractivity contribution in [1.82, 2.24) is 0 Å². The summed E-state index contributed by atoms with van der Waals surface area (Å²) in [6, 6.07) is 0. The molecule has 0 rings (SSSR count). The van der Waals surface area contributed by atoms with E-state index < -0.39 is 97.5 Å². The van der Waals surface area contributed by atoms with Crippen LogP contribution in [0, 0.1) is 5.92 Å². The molecule has 0 amide bonds. The van der Waals surface area contributed by atoms with Gasteiger partial charge >= 0.3 is 39.5 Å². The molecule has 17 nitrogen and oxygen atoms in total. The number of carbonyl (C=O) groups excluding carboxylic acids is 4. The van der Waals surface area contributed by atoms with Crippen molar-refractivity contribution in [3.63, 3.8) is 0 Å². The van der Waals surface area contributed by atoms with Crippen LogP contribution in [0.1, 0.15) is 304 Å². The largest absolute Gasteiger partial charge is 0.472 e. The number of phosphoric acid groups is 2. The first-order valence-electron chi connectivity index (χ1n) is 32.1. The number of hydrogen-bond donors (Lipinski definition) is 3. The highest BCUT2D eigenvalue weighted by atomic mass is 31.2. The third-order valence-electron chi connectivity index (χ3n) is 14.0. The molecule has 474 valence electrons. The average molecular weight is 1190 g/mol. The summed E-state index contributed by atoms with van der Waals surface area (Å²) < 4.78 is 67.6. The predicted molar refractivity (Wildman–Crippen MR) is 317 cm³/mol. The van der Waals surface area contributed by atoms with Gasteiger partial charge in [-0.05, 0) is 31.6 Å². The van der Waals surface area contributed by atoms with Gasteiger partial charge in [0.15, 0.2) is 12.2 Å². The second-order valence-electron chi connectivity index (χ2n) is 22.6. The van der Waals surface area contributed by atoms with Gasteiger partial charge in [-0.2, -0.15) is 0 Å². The number of ether oxygens (including phenoxy) is 4. The lowest BCUT2D eigenvalue weighted by atomic mass is 10.0. The number of unbranched alkanes of at least 4 members (excludes halogenated alkanes) is 33. The van der Waals surface area contributed by atoms with Gasteiger partial charge in [-0.25, -0.2) is 9.13 Å². The lowest BCUT2D eigenvalue weighted by Gasteiger charge is -2.21. The predicted octanol–water partition coefficient (Wildman–Crippen LogP) is 16.6. The molecule has 0 aromatic heterocycles. The summed E-state index contributed by atoms with van der Waals surface area (Å²) in [6.07, 6.45) is 38.0. The Morgan fingerprint density at radius 2 is 0.575 bits per heavy atom. The maximum absolute atomic E-state index is 12.9. The van der Waals surface area contributed by atoms with Crippen molar-refractivity contribution < 1.29 is 80.2 Å². The van der Waals surface area contributed by atoms with E-state index in [4.69, 9.17) is 37.0 Å². The van der Waals surface area contributed by atoms with Crippen molar-refractivity contribution in [2.45, 2.75) is 323 Å². The zero-order valence-electron chi connectivity index (χ0n) is 51.2. The summed E-state index contributed by atoms with van der Waals surface area (Å²) in [5.74, 6) is -1.41. The summed E-state index contributed by atoms with van der Waals surface area (Å²) in [4.78, 5) is 71.8. The fraction of sp³-hybridized carbons (Fsp3) is 0.934. The van der Waals surface area contributed by atoms with Crippen LogP contribution < -0.4 is 0 Å². The summed E-state index contributed by atoms with van der Waals surface area (Å²) in [6.45, 7) is 7.04. The molecule has 0 aromatic rings. The number of esters is 4. The maximum atomic E-state index is 12.9. The highest BCUT2D eigenvalue weighted by Gasteiger charge is 2.30. The summed E-state index contributed by atoms with van der Waals surface area (Å²) in [5.41, 5.74) is 0. The van der Waals surface area contributed by atoms with Gasteiger partial charge in [0.25, 0.3) is 0 Å². The first kappa shape index (κ1) is 78.1. The first-order valence-corrected chi connectivity index (χ1v) is 35.1. The number of hydrogen-bond acceptors (Lipinski definition) is 15. The Morgan fingerprint density at radius 3 is 0.850 bits per heavy atom. The van der Waals surface area contributed by atoms with Gasteiger partial charge in [0.2, 0.25) is 0 Å². The first-order chi connectivity index (χ1) is 38.5. The minimum atomic E-state index is -4.94. The molecular weight excluding hydrogens is 1070 g/mol. The van der Waals surface area contributed by atoms with E-state index in [9.17, 15) is 43.2 Å². The Morgan fingerprint density at radius 1 is 0.338 bits per heavy atom. The molecule has 0 bridgehead atoms. The number of carbonyl (C=O) groups is 4. The van der Waals surface area contributed by atoms with Crippen molar-refractivity contribution in [3.8, 4) is 0 Å². The zero-order chi connectivity index (χ0) is 59.2. The lowest BCUT2D eigenvalue weighted by Crippen LogP contribution is -2.30. The van der Waals surface area contributed by atoms with E-state index in [2.05, 4.69) is 34.6 Å². The van der Waals surface area contributed by atoms with E-state index in [0.29, 0.717) is 25.7 Å². The Hall–Kier alpha value is -1.94. The van der Waals surface area contributed by atoms with Gasteiger partial charge in [-0.3, -0.25) is 37.3 Å². The summed E-state index contributed by atoms with van der Waals surface area (Å²) >= 11 is 0. The van der Waals surface area contributed by atoms with Crippen LogP contribution in [-0.2, 0) is 65.4 Å². The third kappa shape index (κ3) is 55.3. The average Bonchev–Trinajstić information content (AvgIpc) is 3.42. The molecule has 0 radical (unpaired) electrons. The molecule has 80 heavy (non-hydrogen) atoms. The normalized spacial score (nSPS) is 14.3. The second kappa shape index (κ2) is 55.0. The Bertz CT molecular complexity index is 1570. The molecule has 19 heteroatoms. The van der Waals surface area contributed by atoms with Gasteiger partial charge < -0.3 is 33.8 Å². The fourth-order valence-electron chi connectivity index (χ4n) is 9.05. The number of phosphoric ester groups is 2.